The number of nitrogens with zero attached hydrogens (tertiary/aromatic N) is 2. The van der Waals surface area contributed by atoms with Crippen LogP contribution in [0.2, 0.25) is 0 Å². The molecule has 1 aromatic carbocycles. The third-order valence-electron chi connectivity index (χ3n) is 3.08. The van der Waals surface area contributed by atoms with Crippen molar-refractivity contribution in [1.82, 2.24) is 4.90 Å². The van der Waals surface area contributed by atoms with Crippen LogP contribution in [0.25, 0.3) is 0 Å². The lowest BCUT2D eigenvalue weighted by atomic mass is 10.3. The van der Waals surface area contributed by atoms with Gasteiger partial charge in [0, 0.05) is 18.8 Å². The Morgan fingerprint density at radius 2 is 1.85 bits per heavy atom. The molecule has 0 bridgehead atoms. The van der Waals surface area contributed by atoms with Gasteiger partial charge in [-0.1, -0.05) is 11.3 Å². The predicted molar refractivity (Wildman–Crippen MR) is 89.7 cm³/mol. The first kappa shape index (κ1) is 20.2. The van der Waals surface area contributed by atoms with Gasteiger partial charge in [-0.15, -0.1) is 13.2 Å². The summed E-state index contributed by atoms with van der Waals surface area (Å²) in [6.07, 6.45) is -4.81. The van der Waals surface area contributed by atoms with Gasteiger partial charge in [0.05, 0.1) is 16.3 Å². The highest BCUT2D eigenvalue weighted by Crippen LogP contribution is 2.25. The number of carbonyl (C=O) groups excluding carboxylic acids is 2. The average molecular weight is 403 g/mol. The summed E-state index contributed by atoms with van der Waals surface area (Å²) in [6.45, 7) is -0.356. The summed E-state index contributed by atoms with van der Waals surface area (Å²) in [5, 5.41) is 12.9. The molecule has 27 heavy (non-hydrogen) atoms. The van der Waals surface area contributed by atoms with Gasteiger partial charge in [-0.05, 0) is 30.3 Å². The van der Waals surface area contributed by atoms with Gasteiger partial charge >= 0.3 is 11.4 Å². The van der Waals surface area contributed by atoms with Crippen molar-refractivity contribution in [3.8, 4) is 5.75 Å². The molecule has 0 saturated carbocycles. The second kappa shape index (κ2) is 8.03. The van der Waals surface area contributed by atoms with E-state index >= 15 is 0 Å². The number of amides is 2. The van der Waals surface area contributed by atoms with E-state index in [0.29, 0.717) is 11.3 Å². The van der Waals surface area contributed by atoms with Crippen molar-refractivity contribution in [3.63, 3.8) is 0 Å². The van der Waals surface area contributed by atoms with Crippen molar-refractivity contribution < 1.29 is 32.4 Å². The molecule has 144 valence electrons. The molecule has 1 aromatic heterocycles. The Labute approximate surface area is 154 Å². The lowest BCUT2D eigenvalue weighted by Crippen LogP contribution is -2.34. The smallest absolute Gasteiger partial charge is 0.406 e. The van der Waals surface area contributed by atoms with E-state index in [1.54, 1.807) is 0 Å². The van der Waals surface area contributed by atoms with Crippen molar-refractivity contribution >= 4 is 33.8 Å². The first-order valence-corrected chi connectivity index (χ1v) is 8.02. The molecule has 2 rings (SSSR count). The summed E-state index contributed by atoms with van der Waals surface area (Å²) in [4.78, 5) is 35.3. The number of anilines is 1. The van der Waals surface area contributed by atoms with E-state index in [1.165, 1.54) is 31.3 Å². The van der Waals surface area contributed by atoms with Gasteiger partial charge in [0.2, 0.25) is 5.91 Å². The molecule has 0 atom stereocenters. The van der Waals surface area contributed by atoms with E-state index in [-0.39, 0.29) is 22.1 Å². The first-order valence-electron chi connectivity index (χ1n) is 7.20. The topological polar surface area (TPSA) is 102 Å². The molecule has 2 amide bonds. The molecule has 1 N–H and O–H groups in total. The number of likely N-dealkylation sites (N-methyl/N-ethyl adjacent to an activating group) is 1. The molecule has 8 nitrogen and oxygen atoms in total. The molecule has 12 heteroatoms. The molecule has 0 fully saturated rings. The van der Waals surface area contributed by atoms with Gasteiger partial charge in [-0.25, -0.2) is 0 Å². The van der Waals surface area contributed by atoms with Crippen LogP contribution >= 0.6 is 11.3 Å². The quantitative estimate of drug-likeness (QED) is 0.589. The van der Waals surface area contributed by atoms with Crippen LogP contribution in [-0.2, 0) is 4.79 Å². The summed E-state index contributed by atoms with van der Waals surface area (Å²) in [7, 11) is 1.34. The van der Waals surface area contributed by atoms with Crippen molar-refractivity contribution in [2.24, 2.45) is 0 Å². The van der Waals surface area contributed by atoms with Gasteiger partial charge in [0.25, 0.3) is 5.91 Å². The van der Waals surface area contributed by atoms with E-state index in [1.807, 2.05) is 0 Å². The number of hydrogen-bond donors (Lipinski definition) is 1. The molecule has 0 aliphatic carbocycles. The monoisotopic (exact) mass is 403 g/mol. The number of rotatable bonds is 6. The third-order valence-corrected chi connectivity index (χ3v) is 4.11. The zero-order valence-electron chi connectivity index (χ0n) is 13.6. The van der Waals surface area contributed by atoms with Crippen LogP contribution in [0.3, 0.4) is 0 Å². The molecule has 0 radical (unpaired) electrons. The fourth-order valence-electron chi connectivity index (χ4n) is 1.96. The van der Waals surface area contributed by atoms with Crippen LogP contribution in [0.1, 0.15) is 9.67 Å². The minimum Gasteiger partial charge on any atom is -0.406 e. The Morgan fingerprint density at radius 3 is 2.37 bits per heavy atom. The van der Waals surface area contributed by atoms with Gasteiger partial charge in [-0.3, -0.25) is 19.7 Å². The van der Waals surface area contributed by atoms with Crippen molar-refractivity contribution in [3.05, 3.63) is 51.4 Å². The molecular formula is C15H12F3N3O5S. The number of hydrogen-bond acceptors (Lipinski definition) is 6. The zero-order chi connectivity index (χ0) is 20.2. The number of alkyl halides is 3. The number of ether oxygens (including phenoxy) is 1. The summed E-state index contributed by atoms with van der Waals surface area (Å²) < 4.78 is 40.0. The Bertz CT molecular complexity index is 851. The Hall–Kier alpha value is -3.15. The Morgan fingerprint density at radius 1 is 1.22 bits per heavy atom. The summed E-state index contributed by atoms with van der Waals surface area (Å²) in [5.41, 5.74) is 0.210. The number of nitro groups is 1. The van der Waals surface area contributed by atoms with Crippen LogP contribution in [0, 0.1) is 10.1 Å². The van der Waals surface area contributed by atoms with E-state index in [4.69, 9.17) is 0 Å². The molecule has 0 aliphatic rings. The maximum Gasteiger partial charge on any atom is 0.573 e. The fraction of sp³-hybridized carbons (Fsp3) is 0.200. The summed E-state index contributed by atoms with van der Waals surface area (Å²) >= 11 is 0.687. The van der Waals surface area contributed by atoms with Crippen LogP contribution < -0.4 is 10.1 Å². The minimum atomic E-state index is -4.81. The van der Waals surface area contributed by atoms with Gasteiger partial charge in [-0.2, -0.15) is 0 Å². The number of thiophene rings is 1. The number of halogens is 3. The number of benzene rings is 1. The maximum atomic E-state index is 12.2. The molecule has 0 saturated heterocycles. The lowest BCUT2D eigenvalue weighted by Gasteiger charge is -2.16. The van der Waals surface area contributed by atoms with E-state index in [2.05, 4.69) is 10.1 Å². The zero-order valence-corrected chi connectivity index (χ0v) is 14.5. The van der Waals surface area contributed by atoms with Crippen molar-refractivity contribution in [2.45, 2.75) is 6.36 Å². The summed E-state index contributed by atoms with van der Waals surface area (Å²) in [5.74, 6) is -1.61. The largest absolute Gasteiger partial charge is 0.573 e. The molecule has 1 heterocycles. The molecule has 0 spiro atoms. The summed E-state index contributed by atoms with van der Waals surface area (Å²) in [6, 6.07) is 6.97. The van der Waals surface area contributed by atoms with Crippen molar-refractivity contribution in [2.75, 3.05) is 18.9 Å². The molecule has 2 aromatic rings. The van der Waals surface area contributed by atoms with Crippen LogP contribution in [0.5, 0.6) is 5.75 Å². The fourth-order valence-corrected chi connectivity index (χ4v) is 2.77. The van der Waals surface area contributed by atoms with Crippen LogP contribution in [0.4, 0.5) is 23.9 Å². The molecular weight excluding hydrogens is 391 g/mol. The van der Waals surface area contributed by atoms with E-state index in [0.717, 1.165) is 17.0 Å². The number of nitrogens with one attached hydrogen (secondary N) is 1. The Kier molecular flexibility index (Phi) is 6.00. The second-order valence-corrected chi connectivity index (χ2v) is 6.24. The average Bonchev–Trinajstić information content (AvgIpc) is 3.04. The highest BCUT2D eigenvalue weighted by molar-refractivity contribution is 7.17. The van der Waals surface area contributed by atoms with Gasteiger partial charge < -0.3 is 15.0 Å². The predicted octanol–water partition coefficient (Wildman–Crippen LogP) is 3.27. The third kappa shape index (κ3) is 5.95. The standard InChI is InChI=1S/C15H12F3N3O5S/c1-20(14(23)11-6-7-13(27-11)21(24)25)8-12(22)19-9-2-4-10(5-3-9)26-15(16,17)18/h2-7H,8H2,1H3,(H,19,22). The van der Waals surface area contributed by atoms with Crippen LogP contribution in [-0.4, -0.2) is 41.6 Å². The normalized spacial score (nSPS) is 11.0. The van der Waals surface area contributed by atoms with Gasteiger partial charge in [0.15, 0.2) is 0 Å². The highest BCUT2D eigenvalue weighted by atomic mass is 32.1. The SMILES string of the molecule is CN(CC(=O)Nc1ccc(OC(F)(F)F)cc1)C(=O)c1ccc([N+](=O)[O-])s1. The van der Waals surface area contributed by atoms with E-state index in [9.17, 15) is 32.9 Å². The van der Waals surface area contributed by atoms with Gasteiger partial charge in [0.1, 0.15) is 5.75 Å². The van der Waals surface area contributed by atoms with Crippen molar-refractivity contribution in [1.29, 1.82) is 0 Å². The second-order valence-electron chi connectivity index (χ2n) is 5.18. The lowest BCUT2D eigenvalue weighted by molar-refractivity contribution is -0.380. The van der Waals surface area contributed by atoms with E-state index < -0.39 is 28.8 Å². The molecule has 0 aliphatic heterocycles. The Balaban J connectivity index is 1.92. The first-order chi connectivity index (χ1) is 12.5. The van der Waals surface area contributed by atoms with Crippen LogP contribution in [0.15, 0.2) is 36.4 Å². The maximum absolute atomic E-state index is 12.2. The molecule has 0 unspecified atom stereocenters. The number of carbonyl (C=O) groups is 2. The highest BCUT2D eigenvalue weighted by Gasteiger charge is 2.31. The minimum absolute atomic E-state index is 0.102.